The summed E-state index contributed by atoms with van der Waals surface area (Å²) < 4.78 is 16.8. The standard InChI is InChI=1S/C29H33NO6/c1-5-34-24-15-19(11-12-22(24)31)26-25(28(33)36-14-13-35-20-9-7-6-8-10-20)18(2)30-21-16-29(3,4)17-23(32)27(21)26/h6-12,15,26-27,31H,5,13-14,16-17H2,1-4H3/t26-,27?/m1/s1. The number of benzene rings is 2. The number of ketones is 1. The van der Waals surface area contributed by atoms with Gasteiger partial charge in [0.2, 0.25) is 0 Å². The van der Waals surface area contributed by atoms with Crippen molar-refractivity contribution in [1.82, 2.24) is 0 Å². The Kier molecular flexibility index (Phi) is 7.48. The van der Waals surface area contributed by atoms with Gasteiger partial charge in [-0.25, -0.2) is 4.79 Å². The molecular weight excluding hydrogens is 458 g/mol. The first-order valence-electron chi connectivity index (χ1n) is 12.3. The third-order valence-corrected chi connectivity index (χ3v) is 6.55. The molecule has 1 saturated carbocycles. The van der Waals surface area contributed by atoms with E-state index in [0.29, 0.717) is 47.8 Å². The number of rotatable bonds is 8. The van der Waals surface area contributed by atoms with Gasteiger partial charge in [-0.2, -0.15) is 0 Å². The highest BCUT2D eigenvalue weighted by molar-refractivity contribution is 6.12. The zero-order valence-corrected chi connectivity index (χ0v) is 21.2. The van der Waals surface area contributed by atoms with E-state index in [1.54, 1.807) is 19.1 Å². The van der Waals surface area contributed by atoms with E-state index in [1.165, 1.54) is 6.07 Å². The van der Waals surface area contributed by atoms with Crippen molar-refractivity contribution in [3.8, 4) is 17.2 Å². The Morgan fingerprint density at radius 1 is 1.06 bits per heavy atom. The molecule has 1 aliphatic heterocycles. The lowest BCUT2D eigenvalue weighted by atomic mass is 9.63. The molecule has 0 saturated heterocycles. The summed E-state index contributed by atoms with van der Waals surface area (Å²) in [6.07, 6.45) is 1.07. The van der Waals surface area contributed by atoms with Crippen LogP contribution in [0.1, 0.15) is 52.0 Å². The number of para-hydroxylation sites is 1. The Hall–Kier alpha value is -3.61. The average Bonchev–Trinajstić information content (AvgIpc) is 2.82. The van der Waals surface area contributed by atoms with Gasteiger partial charge in [0.15, 0.2) is 11.5 Å². The van der Waals surface area contributed by atoms with E-state index < -0.39 is 17.8 Å². The van der Waals surface area contributed by atoms with Crippen LogP contribution in [0.25, 0.3) is 0 Å². The van der Waals surface area contributed by atoms with E-state index in [-0.39, 0.29) is 30.2 Å². The Labute approximate surface area is 211 Å². The number of nitrogens with zero attached hydrogens (tertiary/aromatic N) is 1. The summed E-state index contributed by atoms with van der Waals surface area (Å²) >= 11 is 0. The number of Topliss-reactive ketones (excluding diaryl/α,β-unsaturated/α-hetero) is 1. The molecule has 190 valence electrons. The molecule has 7 heteroatoms. The molecule has 1 unspecified atom stereocenters. The summed E-state index contributed by atoms with van der Waals surface area (Å²) in [4.78, 5) is 31.6. The van der Waals surface area contributed by atoms with E-state index in [2.05, 4.69) is 13.8 Å². The summed E-state index contributed by atoms with van der Waals surface area (Å²) in [6, 6.07) is 14.3. The van der Waals surface area contributed by atoms with Crippen molar-refractivity contribution in [2.45, 2.75) is 46.5 Å². The SMILES string of the molecule is CCOc1cc([C@@H]2C(C(=O)OCCOc3ccccc3)=C(C)N=C3CC(C)(C)CC(=O)C32)ccc1O. The lowest BCUT2D eigenvalue weighted by Crippen LogP contribution is -2.44. The molecule has 2 aromatic rings. The topological polar surface area (TPSA) is 94.4 Å². The Morgan fingerprint density at radius 3 is 2.53 bits per heavy atom. The van der Waals surface area contributed by atoms with E-state index in [9.17, 15) is 14.7 Å². The lowest BCUT2D eigenvalue weighted by molar-refractivity contribution is -0.140. The van der Waals surface area contributed by atoms with Gasteiger partial charge < -0.3 is 19.3 Å². The fraction of sp³-hybridized carbons (Fsp3) is 0.414. The zero-order valence-electron chi connectivity index (χ0n) is 21.2. The number of esters is 1. The molecule has 0 aromatic heterocycles. The number of hydrogen-bond donors (Lipinski definition) is 1. The molecule has 4 rings (SSSR count). The summed E-state index contributed by atoms with van der Waals surface area (Å²) in [5.41, 5.74) is 2.18. The first kappa shape index (κ1) is 25.5. The fourth-order valence-electron chi connectivity index (χ4n) is 5.10. The number of allylic oxidation sites excluding steroid dienone is 1. The quantitative estimate of drug-likeness (QED) is 0.401. The van der Waals surface area contributed by atoms with Gasteiger partial charge in [0, 0.05) is 23.7 Å². The summed E-state index contributed by atoms with van der Waals surface area (Å²) in [5, 5.41) is 10.2. The second-order valence-electron chi connectivity index (χ2n) is 10.00. The van der Waals surface area contributed by atoms with Crippen LogP contribution in [0.2, 0.25) is 0 Å². The Morgan fingerprint density at radius 2 is 1.81 bits per heavy atom. The minimum absolute atomic E-state index is 0.00397. The number of aliphatic imine (C=N–C) groups is 1. The third kappa shape index (κ3) is 5.45. The van der Waals surface area contributed by atoms with E-state index >= 15 is 0 Å². The van der Waals surface area contributed by atoms with Crippen molar-refractivity contribution in [3.05, 3.63) is 65.4 Å². The fourth-order valence-corrected chi connectivity index (χ4v) is 5.10. The molecule has 0 amide bonds. The van der Waals surface area contributed by atoms with Crippen LogP contribution in [0, 0.1) is 11.3 Å². The molecular formula is C29H33NO6. The van der Waals surface area contributed by atoms with Crippen LogP contribution in [0.5, 0.6) is 17.2 Å². The largest absolute Gasteiger partial charge is 0.504 e. The molecule has 7 nitrogen and oxygen atoms in total. The molecule has 1 heterocycles. The van der Waals surface area contributed by atoms with Gasteiger partial charge in [0.05, 0.1) is 18.1 Å². The van der Waals surface area contributed by atoms with Gasteiger partial charge >= 0.3 is 5.97 Å². The molecule has 0 spiro atoms. The minimum atomic E-state index is -0.580. The number of ether oxygens (including phenoxy) is 3. The van der Waals surface area contributed by atoms with Crippen molar-refractivity contribution in [2.75, 3.05) is 19.8 Å². The smallest absolute Gasteiger partial charge is 0.336 e. The number of fused-ring (bicyclic) bond motifs is 1. The van der Waals surface area contributed by atoms with E-state index in [1.807, 2.05) is 37.3 Å². The maximum absolute atomic E-state index is 13.4. The zero-order chi connectivity index (χ0) is 25.9. The molecule has 1 aliphatic carbocycles. The van der Waals surface area contributed by atoms with Crippen LogP contribution in [-0.4, -0.2) is 42.4 Å². The monoisotopic (exact) mass is 491 g/mol. The van der Waals surface area contributed by atoms with Crippen molar-refractivity contribution >= 4 is 17.5 Å². The molecule has 2 atom stereocenters. The first-order chi connectivity index (χ1) is 17.2. The van der Waals surface area contributed by atoms with Crippen molar-refractivity contribution in [3.63, 3.8) is 0 Å². The Balaban J connectivity index is 1.65. The molecule has 0 radical (unpaired) electrons. The maximum atomic E-state index is 13.4. The normalized spacial score (nSPS) is 20.9. The van der Waals surface area contributed by atoms with Crippen LogP contribution in [0.4, 0.5) is 0 Å². The van der Waals surface area contributed by atoms with Gasteiger partial charge in [-0.05, 0) is 55.5 Å². The van der Waals surface area contributed by atoms with E-state index in [4.69, 9.17) is 19.2 Å². The van der Waals surface area contributed by atoms with Crippen LogP contribution in [-0.2, 0) is 14.3 Å². The molecule has 1 N–H and O–H groups in total. The number of hydrogen-bond acceptors (Lipinski definition) is 7. The van der Waals surface area contributed by atoms with Crippen molar-refractivity contribution in [2.24, 2.45) is 16.3 Å². The van der Waals surface area contributed by atoms with Crippen LogP contribution in [0.15, 0.2) is 64.8 Å². The number of phenols is 1. The van der Waals surface area contributed by atoms with Crippen molar-refractivity contribution in [1.29, 1.82) is 0 Å². The Bertz CT molecular complexity index is 1200. The summed E-state index contributed by atoms with van der Waals surface area (Å²) in [7, 11) is 0. The first-order valence-corrected chi connectivity index (χ1v) is 12.3. The summed E-state index contributed by atoms with van der Waals surface area (Å²) in [5.74, 6) is -0.621. The number of carbonyl (C=O) groups excluding carboxylic acids is 2. The van der Waals surface area contributed by atoms with Crippen molar-refractivity contribution < 1.29 is 28.9 Å². The number of carbonyl (C=O) groups is 2. The van der Waals surface area contributed by atoms with Gasteiger partial charge in [-0.1, -0.05) is 38.1 Å². The number of phenolic OH excluding ortho intramolecular Hbond substituents is 1. The predicted octanol–water partition coefficient (Wildman–Crippen LogP) is 5.23. The highest BCUT2D eigenvalue weighted by Gasteiger charge is 2.47. The summed E-state index contributed by atoms with van der Waals surface area (Å²) in [6.45, 7) is 8.35. The second-order valence-corrected chi connectivity index (χ2v) is 10.00. The lowest BCUT2D eigenvalue weighted by Gasteiger charge is -2.41. The van der Waals surface area contributed by atoms with Crippen LogP contribution < -0.4 is 9.47 Å². The average molecular weight is 492 g/mol. The molecule has 2 aliphatic rings. The minimum Gasteiger partial charge on any atom is -0.504 e. The van der Waals surface area contributed by atoms with Gasteiger partial charge in [-0.3, -0.25) is 9.79 Å². The molecule has 1 fully saturated rings. The van der Waals surface area contributed by atoms with Gasteiger partial charge in [-0.15, -0.1) is 0 Å². The van der Waals surface area contributed by atoms with E-state index in [0.717, 1.165) is 5.71 Å². The molecule has 2 aromatic carbocycles. The number of aromatic hydroxyl groups is 1. The van der Waals surface area contributed by atoms with Gasteiger partial charge in [0.25, 0.3) is 0 Å². The maximum Gasteiger partial charge on any atom is 0.336 e. The van der Waals surface area contributed by atoms with Crippen LogP contribution in [0.3, 0.4) is 0 Å². The second kappa shape index (κ2) is 10.6. The highest BCUT2D eigenvalue weighted by atomic mass is 16.6. The van der Waals surface area contributed by atoms with Crippen LogP contribution >= 0.6 is 0 Å². The van der Waals surface area contributed by atoms with Gasteiger partial charge in [0.1, 0.15) is 24.7 Å². The molecule has 36 heavy (non-hydrogen) atoms. The predicted molar refractivity (Wildman–Crippen MR) is 137 cm³/mol. The highest BCUT2D eigenvalue weighted by Crippen LogP contribution is 2.48. The molecule has 0 bridgehead atoms. The third-order valence-electron chi connectivity index (χ3n) is 6.55.